The van der Waals surface area contributed by atoms with Crippen LogP contribution in [0.1, 0.15) is 31.2 Å². The zero-order valence-electron chi connectivity index (χ0n) is 15.4. The average molecular weight is 341 g/mol. The van der Waals surface area contributed by atoms with Gasteiger partial charge in [-0.3, -0.25) is 0 Å². The first-order valence-corrected chi connectivity index (χ1v) is 9.48. The summed E-state index contributed by atoms with van der Waals surface area (Å²) in [5, 5.41) is 0. The van der Waals surface area contributed by atoms with Crippen LogP contribution in [0.25, 0.3) is 0 Å². The molecule has 0 amide bonds. The van der Waals surface area contributed by atoms with Crippen LogP contribution in [-0.2, 0) is 6.42 Å². The first kappa shape index (κ1) is 18.0. The van der Waals surface area contributed by atoms with Crippen molar-refractivity contribution in [2.45, 2.75) is 32.1 Å². The topological polar surface area (TPSA) is 3.24 Å². The molecule has 1 nitrogen and oxygen atoms in total. The molecule has 0 radical (unpaired) electrons. The summed E-state index contributed by atoms with van der Waals surface area (Å²) in [7, 11) is 0. The van der Waals surface area contributed by atoms with Crippen LogP contribution in [0.3, 0.4) is 0 Å². The van der Waals surface area contributed by atoms with Crippen molar-refractivity contribution in [2.75, 3.05) is 4.90 Å². The predicted molar refractivity (Wildman–Crippen MR) is 113 cm³/mol. The van der Waals surface area contributed by atoms with E-state index in [-0.39, 0.29) is 0 Å². The standard InChI is InChI=1S/C25H27N/c1-2-3-4-5-8-13-22-18-20-25(21-19-22)26(23-14-9-6-10-15-23)24-16-11-7-12-17-24/h2,6-7,9-12,14-21H,1,3-5,8,13H2. The van der Waals surface area contributed by atoms with Crippen LogP contribution < -0.4 is 4.90 Å². The highest BCUT2D eigenvalue weighted by molar-refractivity contribution is 5.76. The first-order chi connectivity index (χ1) is 12.9. The van der Waals surface area contributed by atoms with E-state index in [1.54, 1.807) is 0 Å². The third-order valence-electron chi connectivity index (χ3n) is 4.60. The number of benzene rings is 3. The normalized spacial score (nSPS) is 10.5. The van der Waals surface area contributed by atoms with E-state index in [0.29, 0.717) is 0 Å². The van der Waals surface area contributed by atoms with Gasteiger partial charge in [0.15, 0.2) is 0 Å². The van der Waals surface area contributed by atoms with E-state index in [2.05, 4.69) is 96.4 Å². The van der Waals surface area contributed by atoms with Crippen LogP contribution in [0, 0.1) is 0 Å². The van der Waals surface area contributed by atoms with Crippen LogP contribution in [0.5, 0.6) is 0 Å². The molecule has 0 aromatic heterocycles. The lowest BCUT2D eigenvalue weighted by molar-refractivity contribution is 0.687. The Morgan fingerprint density at radius 3 is 1.69 bits per heavy atom. The summed E-state index contributed by atoms with van der Waals surface area (Å²) in [5.74, 6) is 0. The number of unbranched alkanes of at least 4 members (excludes halogenated alkanes) is 3. The summed E-state index contributed by atoms with van der Waals surface area (Å²) >= 11 is 0. The molecule has 0 fully saturated rings. The van der Waals surface area contributed by atoms with E-state index < -0.39 is 0 Å². The highest BCUT2D eigenvalue weighted by atomic mass is 15.1. The Morgan fingerprint density at radius 1 is 0.615 bits per heavy atom. The van der Waals surface area contributed by atoms with Gasteiger partial charge < -0.3 is 4.90 Å². The molecule has 0 spiro atoms. The molecule has 0 saturated carbocycles. The Bertz CT molecular complexity index is 736. The lowest BCUT2D eigenvalue weighted by atomic mass is 10.1. The van der Waals surface area contributed by atoms with Gasteiger partial charge in [0, 0.05) is 17.1 Å². The van der Waals surface area contributed by atoms with E-state index in [0.717, 1.165) is 12.8 Å². The van der Waals surface area contributed by atoms with E-state index in [1.165, 1.54) is 41.9 Å². The molecule has 0 aliphatic heterocycles. The summed E-state index contributed by atoms with van der Waals surface area (Å²) in [6, 6.07) is 30.1. The molecule has 132 valence electrons. The average Bonchev–Trinajstić information content (AvgIpc) is 2.71. The zero-order valence-corrected chi connectivity index (χ0v) is 15.4. The third-order valence-corrected chi connectivity index (χ3v) is 4.60. The molecule has 3 aromatic rings. The Labute approximate surface area is 157 Å². The van der Waals surface area contributed by atoms with Gasteiger partial charge in [-0.05, 0) is 67.6 Å². The van der Waals surface area contributed by atoms with Gasteiger partial charge in [0.2, 0.25) is 0 Å². The lowest BCUT2D eigenvalue weighted by Crippen LogP contribution is -2.09. The highest BCUT2D eigenvalue weighted by Gasteiger charge is 2.11. The Kier molecular flexibility index (Phi) is 6.66. The maximum absolute atomic E-state index is 3.79. The molecule has 3 rings (SSSR count). The van der Waals surface area contributed by atoms with Gasteiger partial charge in [0.05, 0.1) is 0 Å². The van der Waals surface area contributed by atoms with Crippen molar-refractivity contribution in [1.82, 2.24) is 0 Å². The maximum atomic E-state index is 3.79. The number of nitrogens with zero attached hydrogens (tertiary/aromatic N) is 1. The van der Waals surface area contributed by atoms with Crippen molar-refractivity contribution < 1.29 is 0 Å². The fourth-order valence-electron chi connectivity index (χ4n) is 3.21. The fraction of sp³-hybridized carbons (Fsp3) is 0.200. The largest absolute Gasteiger partial charge is 0.311 e. The first-order valence-electron chi connectivity index (χ1n) is 9.48. The maximum Gasteiger partial charge on any atom is 0.0461 e. The molecule has 0 aliphatic carbocycles. The summed E-state index contributed by atoms with van der Waals surface area (Å²) < 4.78 is 0. The molecule has 3 aromatic carbocycles. The summed E-state index contributed by atoms with van der Waals surface area (Å²) in [4.78, 5) is 2.30. The van der Waals surface area contributed by atoms with Crippen molar-refractivity contribution in [3.05, 3.63) is 103 Å². The van der Waals surface area contributed by atoms with Crippen LogP contribution >= 0.6 is 0 Å². The van der Waals surface area contributed by atoms with Gasteiger partial charge in [0.25, 0.3) is 0 Å². The summed E-state index contributed by atoms with van der Waals surface area (Å²) in [6.45, 7) is 3.79. The second-order valence-electron chi connectivity index (χ2n) is 6.56. The van der Waals surface area contributed by atoms with Crippen molar-refractivity contribution >= 4 is 17.1 Å². The van der Waals surface area contributed by atoms with Gasteiger partial charge in [-0.2, -0.15) is 0 Å². The molecule has 0 heterocycles. The van der Waals surface area contributed by atoms with Gasteiger partial charge >= 0.3 is 0 Å². The van der Waals surface area contributed by atoms with Gasteiger partial charge in [0.1, 0.15) is 0 Å². The summed E-state index contributed by atoms with van der Waals surface area (Å²) in [5.41, 5.74) is 4.96. The minimum absolute atomic E-state index is 1.13. The summed E-state index contributed by atoms with van der Waals surface area (Å²) in [6.07, 6.45) is 8.05. The van der Waals surface area contributed by atoms with Gasteiger partial charge in [-0.25, -0.2) is 0 Å². The van der Waals surface area contributed by atoms with Crippen molar-refractivity contribution in [1.29, 1.82) is 0 Å². The van der Waals surface area contributed by atoms with Crippen LogP contribution in [0.2, 0.25) is 0 Å². The third kappa shape index (κ3) is 4.86. The smallest absolute Gasteiger partial charge is 0.0461 e. The highest BCUT2D eigenvalue weighted by Crippen LogP contribution is 2.34. The van der Waals surface area contributed by atoms with Crippen molar-refractivity contribution in [3.8, 4) is 0 Å². The quantitative estimate of drug-likeness (QED) is 0.288. The Morgan fingerprint density at radius 2 is 1.15 bits per heavy atom. The number of anilines is 3. The second-order valence-corrected chi connectivity index (χ2v) is 6.56. The van der Waals surface area contributed by atoms with Crippen LogP contribution in [-0.4, -0.2) is 0 Å². The molecule has 0 saturated heterocycles. The fourth-order valence-corrected chi connectivity index (χ4v) is 3.21. The van der Waals surface area contributed by atoms with E-state index in [1.807, 2.05) is 6.08 Å². The number of aryl methyl sites for hydroxylation is 1. The Hall–Kier alpha value is -2.80. The van der Waals surface area contributed by atoms with E-state index in [4.69, 9.17) is 0 Å². The minimum atomic E-state index is 1.13. The predicted octanol–water partition coefficient (Wildman–Crippen LogP) is 7.45. The molecule has 0 aliphatic rings. The lowest BCUT2D eigenvalue weighted by Gasteiger charge is -2.25. The van der Waals surface area contributed by atoms with Gasteiger partial charge in [-0.1, -0.05) is 61.0 Å². The minimum Gasteiger partial charge on any atom is -0.311 e. The number of hydrogen-bond donors (Lipinski definition) is 0. The molecule has 0 bridgehead atoms. The number of hydrogen-bond acceptors (Lipinski definition) is 1. The molecule has 0 atom stereocenters. The molecular weight excluding hydrogens is 314 g/mol. The monoisotopic (exact) mass is 341 g/mol. The number of rotatable bonds is 9. The Balaban J connectivity index is 1.76. The molecule has 0 N–H and O–H groups in total. The number of allylic oxidation sites excluding steroid dienone is 1. The molecule has 26 heavy (non-hydrogen) atoms. The molecule has 1 heteroatoms. The molecular formula is C25H27N. The van der Waals surface area contributed by atoms with E-state index in [9.17, 15) is 0 Å². The number of para-hydroxylation sites is 2. The van der Waals surface area contributed by atoms with Crippen LogP contribution in [0.15, 0.2) is 97.6 Å². The molecule has 0 unspecified atom stereocenters. The zero-order chi connectivity index (χ0) is 18.0. The SMILES string of the molecule is C=CCCCCCc1ccc(N(c2ccccc2)c2ccccc2)cc1. The van der Waals surface area contributed by atoms with Crippen LogP contribution in [0.4, 0.5) is 17.1 Å². The van der Waals surface area contributed by atoms with Crippen molar-refractivity contribution in [3.63, 3.8) is 0 Å². The van der Waals surface area contributed by atoms with E-state index >= 15 is 0 Å². The van der Waals surface area contributed by atoms with Crippen molar-refractivity contribution in [2.24, 2.45) is 0 Å². The van der Waals surface area contributed by atoms with Gasteiger partial charge in [-0.15, -0.1) is 6.58 Å². The second kappa shape index (κ2) is 9.62.